The SMILES string of the molecule is C=c1c(-c2nc3nccc(-c4cccc(F)c4)c3[nH]2)n[nH]/c1=C/C=C(\C)c1cncc(CNCc2ccccc2)c1. The molecule has 7 nitrogen and oxygen atoms in total. The molecule has 0 aliphatic heterocycles. The zero-order chi connectivity index (χ0) is 28.2. The molecule has 0 atom stereocenters. The summed E-state index contributed by atoms with van der Waals surface area (Å²) in [5.74, 6) is 0.239. The second kappa shape index (κ2) is 11.5. The normalized spacial score (nSPS) is 12.3. The second-order valence-electron chi connectivity index (χ2n) is 9.80. The first-order valence-corrected chi connectivity index (χ1v) is 13.3. The largest absolute Gasteiger partial charge is 0.335 e. The fourth-order valence-corrected chi connectivity index (χ4v) is 4.68. The van der Waals surface area contributed by atoms with Gasteiger partial charge in [-0.05, 0) is 65.1 Å². The molecule has 0 bridgehead atoms. The lowest BCUT2D eigenvalue weighted by Crippen LogP contribution is -2.21. The van der Waals surface area contributed by atoms with Crippen molar-refractivity contribution in [3.63, 3.8) is 0 Å². The molecule has 0 radical (unpaired) electrons. The van der Waals surface area contributed by atoms with Gasteiger partial charge in [-0.3, -0.25) is 10.1 Å². The molecule has 6 rings (SSSR count). The monoisotopic (exact) mass is 541 g/mol. The maximum absolute atomic E-state index is 13.9. The lowest BCUT2D eigenvalue weighted by Gasteiger charge is -2.07. The van der Waals surface area contributed by atoms with E-state index in [-0.39, 0.29) is 5.82 Å². The third-order valence-corrected chi connectivity index (χ3v) is 6.90. The van der Waals surface area contributed by atoms with Crippen LogP contribution in [0.25, 0.3) is 52.0 Å². The van der Waals surface area contributed by atoms with Crippen LogP contribution < -0.4 is 15.9 Å². The molecule has 0 saturated carbocycles. The van der Waals surface area contributed by atoms with Gasteiger partial charge in [0.1, 0.15) is 11.5 Å². The summed E-state index contributed by atoms with van der Waals surface area (Å²) in [6.07, 6.45) is 9.38. The Morgan fingerprint density at radius 3 is 2.71 bits per heavy atom. The minimum atomic E-state index is -0.301. The van der Waals surface area contributed by atoms with E-state index in [0.717, 1.165) is 46.3 Å². The zero-order valence-electron chi connectivity index (χ0n) is 22.5. The number of nitrogens with zero attached hydrogens (tertiary/aromatic N) is 4. The first kappa shape index (κ1) is 26.0. The van der Waals surface area contributed by atoms with Crippen molar-refractivity contribution >= 4 is 29.4 Å². The van der Waals surface area contributed by atoms with E-state index in [1.54, 1.807) is 12.3 Å². The topological polar surface area (TPSA) is 95.2 Å². The number of imidazole rings is 1. The summed E-state index contributed by atoms with van der Waals surface area (Å²) in [5.41, 5.74) is 7.84. The second-order valence-corrected chi connectivity index (χ2v) is 9.80. The van der Waals surface area contributed by atoms with Crippen LogP contribution in [0.5, 0.6) is 0 Å². The van der Waals surface area contributed by atoms with Crippen molar-refractivity contribution in [2.75, 3.05) is 0 Å². The Bertz CT molecular complexity index is 1970. The summed E-state index contributed by atoms with van der Waals surface area (Å²) >= 11 is 0. The average molecular weight is 542 g/mol. The van der Waals surface area contributed by atoms with E-state index >= 15 is 0 Å². The lowest BCUT2D eigenvalue weighted by molar-refractivity contribution is 0.628. The van der Waals surface area contributed by atoms with Gasteiger partial charge in [0, 0.05) is 42.5 Å². The van der Waals surface area contributed by atoms with Crippen LogP contribution in [-0.2, 0) is 13.1 Å². The van der Waals surface area contributed by atoms with Gasteiger partial charge in [0.15, 0.2) is 11.5 Å². The Morgan fingerprint density at radius 1 is 1.00 bits per heavy atom. The van der Waals surface area contributed by atoms with Crippen LogP contribution in [0, 0.1) is 5.82 Å². The molecule has 0 fully saturated rings. The number of hydrogen-bond donors (Lipinski definition) is 3. The van der Waals surface area contributed by atoms with E-state index in [9.17, 15) is 4.39 Å². The number of allylic oxidation sites excluding steroid dienone is 2. The molecule has 6 aromatic rings. The highest BCUT2D eigenvalue weighted by Gasteiger charge is 2.14. The molecule has 202 valence electrons. The van der Waals surface area contributed by atoms with Gasteiger partial charge in [-0.25, -0.2) is 14.4 Å². The predicted molar refractivity (Wildman–Crippen MR) is 161 cm³/mol. The Balaban J connectivity index is 1.22. The molecule has 0 aliphatic rings. The number of aromatic amines is 2. The standard InChI is InChI=1S/C33H28FN7/c1-21(26-15-24(19-36-20-26)18-35-17-23-7-4-3-5-8-23)11-12-29-22(2)30(41-40-29)33-38-31-28(13-14-37-32(31)39-33)25-9-6-10-27(34)16-25/h3-16,19-20,35,40H,2,17-18H2,1H3,(H,37,38,39)/b21-11+,29-12+. The smallest absolute Gasteiger partial charge is 0.178 e. The number of rotatable bonds is 8. The summed E-state index contributed by atoms with van der Waals surface area (Å²) in [7, 11) is 0. The molecule has 8 heteroatoms. The average Bonchev–Trinajstić information content (AvgIpc) is 3.59. The van der Waals surface area contributed by atoms with Crippen LogP contribution >= 0.6 is 0 Å². The number of pyridine rings is 2. The first-order chi connectivity index (χ1) is 20.0. The summed E-state index contributed by atoms with van der Waals surface area (Å²) in [6, 6.07) is 20.8. The van der Waals surface area contributed by atoms with E-state index in [0.29, 0.717) is 27.9 Å². The Hall–Kier alpha value is -5.21. The first-order valence-electron chi connectivity index (χ1n) is 13.3. The van der Waals surface area contributed by atoms with E-state index in [4.69, 9.17) is 0 Å². The van der Waals surface area contributed by atoms with E-state index in [1.807, 2.05) is 61.8 Å². The van der Waals surface area contributed by atoms with E-state index < -0.39 is 0 Å². The molecule has 4 aromatic heterocycles. The molecule has 0 saturated heterocycles. The lowest BCUT2D eigenvalue weighted by atomic mass is 10.1. The van der Waals surface area contributed by atoms with Crippen LogP contribution in [0.3, 0.4) is 0 Å². The van der Waals surface area contributed by atoms with Crippen LogP contribution in [0.15, 0.2) is 91.4 Å². The fraction of sp³-hybridized carbons (Fsp3) is 0.0909. The van der Waals surface area contributed by atoms with Crippen LogP contribution in [0.2, 0.25) is 0 Å². The van der Waals surface area contributed by atoms with Crippen molar-refractivity contribution in [1.82, 2.24) is 35.5 Å². The van der Waals surface area contributed by atoms with Crippen LogP contribution in [0.1, 0.15) is 23.6 Å². The van der Waals surface area contributed by atoms with Gasteiger partial charge in [-0.15, -0.1) is 0 Å². The maximum Gasteiger partial charge on any atom is 0.178 e. The van der Waals surface area contributed by atoms with Crippen molar-refractivity contribution in [3.05, 3.63) is 124 Å². The van der Waals surface area contributed by atoms with Crippen LogP contribution in [-0.4, -0.2) is 30.1 Å². The molecule has 3 N–H and O–H groups in total. The summed E-state index contributed by atoms with van der Waals surface area (Å²) in [6.45, 7) is 7.82. The quantitative estimate of drug-likeness (QED) is 0.248. The molecule has 41 heavy (non-hydrogen) atoms. The summed E-state index contributed by atoms with van der Waals surface area (Å²) in [4.78, 5) is 16.8. The van der Waals surface area contributed by atoms with Gasteiger partial charge in [-0.1, -0.05) is 55.1 Å². The third-order valence-electron chi connectivity index (χ3n) is 6.90. The van der Waals surface area contributed by atoms with Gasteiger partial charge in [0.2, 0.25) is 0 Å². The number of aromatic nitrogens is 6. The van der Waals surface area contributed by atoms with Crippen molar-refractivity contribution in [2.45, 2.75) is 20.0 Å². The third kappa shape index (κ3) is 5.73. The highest BCUT2D eigenvalue weighted by Crippen LogP contribution is 2.27. The maximum atomic E-state index is 13.9. The van der Waals surface area contributed by atoms with Crippen molar-refractivity contribution in [2.24, 2.45) is 0 Å². The Labute approximate surface area is 236 Å². The van der Waals surface area contributed by atoms with Gasteiger partial charge in [0.25, 0.3) is 0 Å². The van der Waals surface area contributed by atoms with Gasteiger partial charge < -0.3 is 10.3 Å². The van der Waals surface area contributed by atoms with E-state index in [1.165, 1.54) is 17.7 Å². The molecule has 0 unspecified atom stereocenters. The number of benzene rings is 2. The number of nitrogens with one attached hydrogen (secondary N) is 3. The van der Waals surface area contributed by atoms with E-state index in [2.05, 4.69) is 60.2 Å². The molecular formula is C33H28FN7. The number of H-pyrrole nitrogens is 2. The minimum absolute atomic E-state index is 0.301. The van der Waals surface area contributed by atoms with Crippen molar-refractivity contribution in [1.29, 1.82) is 0 Å². The van der Waals surface area contributed by atoms with Gasteiger partial charge in [-0.2, -0.15) is 5.10 Å². The fourth-order valence-electron chi connectivity index (χ4n) is 4.68. The van der Waals surface area contributed by atoms with Gasteiger partial charge in [0.05, 0.1) is 10.9 Å². The summed E-state index contributed by atoms with van der Waals surface area (Å²) < 4.78 is 13.9. The summed E-state index contributed by atoms with van der Waals surface area (Å²) in [5, 5.41) is 12.5. The van der Waals surface area contributed by atoms with Gasteiger partial charge >= 0.3 is 0 Å². The van der Waals surface area contributed by atoms with Crippen molar-refractivity contribution in [3.8, 4) is 22.6 Å². The Morgan fingerprint density at radius 2 is 1.85 bits per heavy atom. The highest BCUT2D eigenvalue weighted by atomic mass is 19.1. The van der Waals surface area contributed by atoms with Crippen molar-refractivity contribution < 1.29 is 4.39 Å². The highest BCUT2D eigenvalue weighted by molar-refractivity contribution is 5.91. The zero-order valence-corrected chi connectivity index (χ0v) is 22.5. The molecule has 4 heterocycles. The number of fused-ring (bicyclic) bond motifs is 1. The molecule has 0 spiro atoms. The Kier molecular flexibility index (Phi) is 7.30. The molecule has 2 aromatic carbocycles. The molecule has 0 amide bonds. The van der Waals surface area contributed by atoms with Crippen LogP contribution in [0.4, 0.5) is 4.39 Å². The minimum Gasteiger partial charge on any atom is -0.335 e. The number of hydrogen-bond acceptors (Lipinski definition) is 5. The predicted octanol–water partition coefficient (Wildman–Crippen LogP) is 5.13. The number of halogens is 1. The molecular weight excluding hydrogens is 513 g/mol. The molecule has 0 aliphatic carbocycles.